The first-order valence-electron chi connectivity index (χ1n) is 7.39. The van der Waals surface area contributed by atoms with Crippen molar-refractivity contribution in [3.05, 3.63) is 29.8 Å². The van der Waals surface area contributed by atoms with E-state index < -0.39 is 6.09 Å². The summed E-state index contributed by atoms with van der Waals surface area (Å²) >= 11 is 0. The van der Waals surface area contributed by atoms with Gasteiger partial charge in [0.25, 0.3) is 0 Å². The van der Waals surface area contributed by atoms with Gasteiger partial charge in [0, 0.05) is 0 Å². The van der Waals surface area contributed by atoms with Crippen LogP contribution < -0.4 is 5.73 Å². The van der Waals surface area contributed by atoms with E-state index in [4.69, 9.17) is 9.84 Å². The maximum Gasteiger partial charge on any atom is 0.404 e. The lowest BCUT2D eigenvalue weighted by Gasteiger charge is -2.03. The molecule has 0 spiro atoms. The topological polar surface area (TPSA) is 98.8 Å². The summed E-state index contributed by atoms with van der Waals surface area (Å²) in [6.07, 6.45) is 3.11. The molecule has 0 radical (unpaired) electrons. The lowest BCUT2D eigenvalue weighted by atomic mass is 10.2. The molecular formula is C16H25NO5. The van der Waals surface area contributed by atoms with Crippen LogP contribution in [-0.2, 0) is 9.47 Å². The van der Waals surface area contributed by atoms with Crippen LogP contribution in [0.3, 0.4) is 0 Å². The third kappa shape index (κ3) is 10.5. The highest BCUT2D eigenvalue weighted by molar-refractivity contribution is 5.89. The number of rotatable bonds is 7. The zero-order chi connectivity index (χ0) is 16.8. The molecule has 0 aromatic heterocycles. The summed E-state index contributed by atoms with van der Waals surface area (Å²) in [7, 11) is 0. The van der Waals surface area contributed by atoms with Crippen molar-refractivity contribution in [2.24, 2.45) is 5.73 Å². The van der Waals surface area contributed by atoms with Gasteiger partial charge >= 0.3 is 12.1 Å². The number of primary amides is 1. The zero-order valence-electron chi connectivity index (χ0n) is 13.2. The fraction of sp³-hybridized carbons (Fsp3) is 0.500. The molecule has 0 bridgehead atoms. The minimum Gasteiger partial charge on any atom is -0.508 e. The van der Waals surface area contributed by atoms with Gasteiger partial charge in [0.15, 0.2) is 0 Å². The molecule has 0 unspecified atom stereocenters. The number of carbonyl (C=O) groups excluding carboxylic acids is 2. The Balaban J connectivity index is 0.000000472. The molecule has 124 valence electrons. The van der Waals surface area contributed by atoms with Gasteiger partial charge in [-0.25, -0.2) is 9.59 Å². The van der Waals surface area contributed by atoms with Crippen LogP contribution in [0.4, 0.5) is 4.79 Å². The summed E-state index contributed by atoms with van der Waals surface area (Å²) in [4.78, 5) is 21.2. The van der Waals surface area contributed by atoms with Gasteiger partial charge < -0.3 is 20.3 Å². The molecule has 6 heteroatoms. The highest BCUT2D eigenvalue weighted by Crippen LogP contribution is 2.10. The van der Waals surface area contributed by atoms with E-state index in [-0.39, 0.29) is 11.7 Å². The van der Waals surface area contributed by atoms with E-state index >= 15 is 0 Å². The number of aromatic hydroxyl groups is 1. The molecule has 0 aliphatic rings. The number of unbranched alkanes of at least 4 members (excludes halogenated alkanes) is 2. The van der Waals surface area contributed by atoms with Gasteiger partial charge in [0.1, 0.15) is 5.75 Å². The van der Waals surface area contributed by atoms with Gasteiger partial charge in [-0.15, -0.1) is 0 Å². The fourth-order valence-electron chi connectivity index (χ4n) is 1.31. The number of carbonyl (C=O) groups is 2. The van der Waals surface area contributed by atoms with Crippen LogP contribution in [0.15, 0.2) is 24.3 Å². The largest absolute Gasteiger partial charge is 0.508 e. The second-order valence-corrected chi connectivity index (χ2v) is 4.56. The van der Waals surface area contributed by atoms with Gasteiger partial charge in [0.2, 0.25) is 0 Å². The van der Waals surface area contributed by atoms with E-state index in [0.717, 1.165) is 25.7 Å². The third-order valence-corrected chi connectivity index (χ3v) is 2.58. The first-order valence-corrected chi connectivity index (χ1v) is 7.39. The monoisotopic (exact) mass is 311 g/mol. The molecule has 0 atom stereocenters. The Hall–Kier alpha value is -2.24. The lowest BCUT2D eigenvalue weighted by Crippen LogP contribution is -2.13. The lowest BCUT2D eigenvalue weighted by molar-refractivity contribution is 0.0499. The highest BCUT2D eigenvalue weighted by Gasteiger charge is 2.05. The van der Waals surface area contributed by atoms with Gasteiger partial charge in [0.05, 0.1) is 18.8 Å². The van der Waals surface area contributed by atoms with Gasteiger partial charge in [-0.05, 0) is 37.1 Å². The molecule has 1 aromatic rings. The summed E-state index contributed by atoms with van der Waals surface area (Å²) in [5.41, 5.74) is 5.14. The number of amides is 1. The maximum absolute atomic E-state index is 11.3. The van der Waals surface area contributed by atoms with Crippen molar-refractivity contribution in [3.8, 4) is 5.75 Å². The van der Waals surface area contributed by atoms with E-state index in [0.29, 0.717) is 18.8 Å². The van der Waals surface area contributed by atoms with E-state index in [2.05, 4.69) is 10.5 Å². The van der Waals surface area contributed by atoms with Crippen LogP contribution in [0.2, 0.25) is 0 Å². The SMILES string of the molecule is CCCCOC(=O)c1ccc(O)cc1.CCCCOC(N)=O. The Labute approximate surface area is 131 Å². The molecule has 6 nitrogen and oxygen atoms in total. The maximum atomic E-state index is 11.3. The number of phenolic OH excluding ortho intramolecular Hbond substituents is 1. The van der Waals surface area contributed by atoms with E-state index in [1.54, 1.807) is 12.1 Å². The third-order valence-electron chi connectivity index (χ3n) is 2.58. The summed E-state index contributed by atoms with van der Waals surface area (Å²) in [6, 6.07) is 6.03. The molecule has 1 amide bonds. The van der Waals surface area contributed by atoms with Crippen LogP contribution in [0, 0.1) is 0 Å². The Bertz CT molecular complexity index is 431. The van der Waals surface area contributed by atoms with Crippen molar-refractivity contribution in [1.82, 2.24) is 0 Å². The molecule has 1 aromatic carbocycles. The summed E-state index contributed by atoms with van der Waals surface area (Å²) in [5, 5.41) is 9.00. The molecule has 0 heterocycles. The predicted octanol–water partition coefficient (Wildman–Crippen LogP) is 3.23. The minimum atomic E-state index is -0.682. The predicted molar refractivity (Wildman–Crippen MR) is 83.7 cm³/mol. The van der Waals surface area contributed by atoms with Crippen molar-refractivity contribution in [3.63, 3.8) is 0 Å². The Morgan fingerprint density at radius 1 is 1.00 bits per heavy atom. The molecule has 0 aliphatic carbocycles. The smallest absolute Gasteiger partial charge is 0.404 e. The average molecular weight is 311 g/mol. The number of hydrogen-bond acceptors (Lipinski definition) is 5. The molecule has 1 rings (SSSR count). The first-order chi connectivity index (χ1) is 10.5. The second-order valence-electron chi connectivity index (χ2n) is 4.56. The summed E-state index contributed by atoms with van der Waals surface area (Å²) in [6.45, 7) is 4.96. The summed E-state index contributed by atoms with van der Waals surface area (Å²) < 4.78 is 9.41. The van der Waals surface area contributed by atoms with Crippen molar-refractivity contribution in [2.75, 3.05) is 13.2 Å². The molecule has 0 saturated heterocycles. The zero-order valence-corrected chi connectivity index (χ0v) is 13.2. The quantitative estimate of drug-likeness (QED) is 0.595. The van der Waals surface area contributed by atoms with Gasteiger partial charge in [-0.1, -0.05) is 26.7 Å². The van der Waals surface area contributed by atoms with Crippen LogP contribution in [-0.4, -0.2) is 30.4 Å². The van der Waals surface area contributed by atoms with Crippen molar-refractivity contribution in [2.45, 2.75) is 39.5 Å². The van der Waals surface area contributed by atoms with Crippen LogP contribution in [0.1, 0.15) is 49.9 Å². The summed E-state index contributed by atoms with van der Waals surface area (Å²) in [5.74, 6) is -0.187. The first kappa shape index (κ1) is 19.8. The Morgan fingerprint density at radius 2 is 1.50 bits per heavy atom. The van der Waals surface area contributed by atoms with Gasteiger partial charge in [-0.2, -0.15) is 0 Å². The highest BCUT2D eigenvalue weighted by atomic mass is 16.5. The van der Waals surface area contributed by atoms with Crippen LogP contribution in [0.25, 0.3) is 0 Å². The Morgan fingerprint density at radius 3 is 1.95 bits per heavy atom. The van der Waals surface area contributed by atoms with Crippen LogP contribution >= 0.6 is 0 Å². The second kappa shape index (κ2) is 12.5. The van der Waals surface area contributed by atoms with E-state index in [9.17, 15) is 9.59 Å². The molecular weight excluding hydrogens is 286 g/mol. The number of phenols is 1. The number of hydrogen-bond donors (Lipinski definition) is 2. The number of benzene rings is 1. The number of esters is 1. The molecule has 0 aliphatic heterocycles. The van der Waals surface area contributed by atoms with E-state index in [1.165, 1.54) is 12.1 Å². The number of ether oxygens (including phenoxy) is 2. The van der Waals surface area contributed by atoms with Gasteiger partial charge in [-0.3, -0.25) is 0 Å². The normalized spacial score (nSPS) is 9.36. The average Bonchev–Trinajstić information content (AvgIpc) is 2.49. The standard InChI is InChI=1S/C11H14O3.C5H11NO2/c1-2-3-8-14-11(13)9-4-6-10(12)7-5-9;1-2-3-4-8-5(6)7/h4-7,12H,2-3,8H2,1H3;2-4H2,1H3,(H2,6,7). The fourth-order valence-corrected chi connectivity index (χ4v) is 1.31. The van der Waals surface area contributed by atoms with Crippen molar-refractivity contribution in [1.29, 1.82) is 0 Å². The van der Waals surface area contributed by atoms with E-state index in [1.807, 2.05) is 13.8 Å². The van der Waals surface area contributed by atoms with Crippen molar-refractivity contribution >= 4 is 12.1 Å². The molecule has 3 N–H and O–H groups in total. The molecule has 22 heavy (non-hydrogen) atoms. The minimum absolute atomic E-state index is 0.148. The molecule has 0 fully saturated rings. The molecule has 0 saturated carbocycles. The van der Waals surface area contributed by atoms with Crippen LogP contribution in [0.5, 0.6) is 5.75 Å². The number of nitrogens with two attached hydrogens (primary N) is 1. The Kier molecular flexibility index (Phi) is 11.2. The van der Waals surface area contributed by atoms with Crippen molar-refractivity contribution < 1.29 is 24.2 Å².